The van der Waals surface area contributed by atoms with E-state index in [-0.39, 0.29) is 17.8 Å². The van der Waals surface area contributed by atoms with Crippen LogP contribution in [0, 0.1) is 5.92 Å². The van der Waals surface area contributed by atoms with E-state index in [1.165, 1.54) is 0 Å². The van der Waals surface area contributed by atoms with E-state index < -0.39 is 0 Å². The predicted molar refractivity (Wildman–Crippen MR) is 59.8 cm³/mol. The van der Waals surface area contributed by atoms with Gasteiger partial charge in [0.1, 0.15) is 0 Å². The first kappa shape index (κ1) is 12.9. The van der Waals surface area contributed by atoms with Crippen molar-refractivity contribution >= 4 is 0 Å². The fourth-order valence-electron chi connectivity index (χ4n) is 1.97. The van der Waals surface area contributed by atoms with Crippen LogP contribution < -0.4 is 0 Å². The van der Waals surface area contributed by atoms with Crippen LogP contribution in [0.1, 0.15) is 40.0 Å². The number of methoxy groups -OCH3 is 1. The summed E-state index contributed by atoms with van der Waals surface area (Å²) in [4.78, 5) is 0. The molecule has 1 saturated heterocycles. The Bertz CT molecular complexity index is 191. The van der Waals surface area contributed by atoms with Crippen molar-refractivity contribution in [3.63, 3.8) is 0 Å². The topological polar surface area (TPSA) is 38.7 Å². The highest BCUT2D eigenvalue weighted by atomic mass is 16.5. The van der Waals surface area contributed by atoms with E-state index in [1.54, 1.807) is 7.11 Å². The molecule has 1 heterocycles. The second kappa shape index (κ2) is 5.28. The first-order valence-electron chi connectivity index (χ1n) is 5.81. The van der Waals surface area contributed by atoms with Crippen LogP contribution in [-0.4, -0.2) is 36.6 Å². The highest BCUT2D eigenvalue weighted by Crippen LogP contribution is 2.26. The van der Waals surface area contributed by atoms with Crippen molar-refractivity contribution in [1.29, 1.82) is 0 Å². The van der Waals surface area contributed by atoms with Gasteiger partial charge >= 0.3 is 0 Å². The van der Waals surface area contributed by atoms with Crippen molar-refractivity contribution in [2.24, 2.45) is 5.92 Å². The Hall–Kier alpha value is -0.120. The summed E-state index contributed by atoms with van der Waals surface area (Å²) in [6, 6.07) is 0. The Morgan fingerprint density at radius 1 is 1.53 bits per heavy atom. The van der Waals surface area contributed by atoms with Gasteiger partial charge in [-0.1, -0.05) is 6.92 Å². The zero-order valence-corrected chi connectivity index (χ0v) is 10.3. The Morgan fingerprint density at radius 2 is 2.20 bits per heavy atom. The maximum absolute atomic E-state index is 10.00. The SMILES string of the molecule is COC(C)(C)CCC(O)C1OCCC1C. The minimum absolute atomic E-state index is 0.0256. The molecule has 0 spiro atoms. The smallest absolute Gasteiger partial charge is 0.0860 e. The van der Waals surface area contributed by atoms with E-state index in [0.29, 0.717) is 5.92 Å². The highest BCUT2D eigenvalue weighted by molar-refractivity contribution is 4.81. The number of rotatable bonds is 5. The second-order valence-electron chi connectivity index (χ2n) is 5.17. The van der Waals surface area contributed by atoms with Gasteiger partial charge in [0.05, 0.1) is 17.8 Å². The average Bonchev–Trinajstić information content (AvgIpc) is 2.61. The first-order chi connectivity index (χ1) is 6.96. The zero-order valence-electron chi connectivity index (χ0n) is 10.3. The van der Waals surface area contributed by atoms with Crippen LogP contribution in [0.5, 0.6) is 0 Å². The Balaban J connectivity index is 2.32. The summed E-state index contributed by atoms with van der Waals surface area (Å²) in [5.74, 6) is 0.477. The molecule has 0 aromatic heterocycles. The quantitative estimate of drug-likeness (QED) is 0.763. The lowest BCUT2D eigenvalue weighted by Gasteiger charge is -2.27. The summed E-state index contributed by atoms with van der Waals surface area (Å²) in [5, 5.41) is 10.00. The standard InChI is InChI=1S/C12H24O3/c1-9-6-8-15-11(9)10(13)5-7-12(2,3)14-4/h9-11,13H,5-8H2,1-4H3. The van der Waals surface area contributed by atoms with Gasteiger partial charge in [0.25, 0.3) is 0 Å². The molecule has 90 valence electrons. The van der Waals surface area contributed by atoms with Gasteiger partial charge in [-0.2, -0.15) is 0 Å². The van der Waals surface area contributed by atoms with Gasteiger partial charge in [-0.05, 0) is 39.0 Å². The Kier molecular flexibility index (Phi) is 4.56. The minimum atomic E-state index is -0.350. The molecule has 1 N–H and O–H groups in total. The van der Waals surface area contributed by atoms with E-state index in [2.05, 4.69) is 6.92 Å². The van der Waals surface area contributed by atoms with Crippen LogP contribution in [0.3, 0.4) is 0 Å². The molecule has 15 heavy (non-hydrogen) atoms. The maximum Gasteiger partial charge on any atom is 0.0860 e. The summed E-state index contributed by atoms with van der Waals surface area (Å²) >= 11 is 0. The van der Waals surface area contributed by atoms with E-state index in [1.807, 2.05) is 13.8 Å². The van der Waals surface area contributed by atoms with Crippen molar-refractivity contribution in [2.75, 3.05) is 13.7 Å². The van der Waals surface area contributed by atoms with E-state index in [0.717, 1.165) is 25.9 Å². The molecule has 3 nitrogen and oxygen atoms in total. The predicted octanol–water partition coefficient (Wildman–Crippen LogP) is 1.98. The molecule has 0 saturated carbocycles. The lowest BCUT2D eigenvalue weighted by molar-refractivity contribution is -0.0416. The van der Waals surface area contributed by atoms with Crippen molar-refractivity contribution in [3.05, 3.63) is 0 Å². The summed E-state index contributed by atoms with van der Waals surface area (Å²) < 4.78 is 10.9. The van der Waals surface area contributed by atoms with Gasteiger partial charge in [-0.25, -0.2) is 0 Å². The van der Waals surface area contributed by atoms with E-state index >= 15 is 0 Å². The molecule has 0 radical (unpaired) electrons. The van der Waals surface area contributed by atoms with Gasteiger partial charge in [0, 0.05) is 13.7 Å². The van der Waals surface area contributed by atoms with Crippen LogP contribution in [0.15, 0.2) is 0 Å². The molecule has 0 amide bonds. The van der Waals surface area contributed by atoms with E-state index in [9.17, 15) is 5.11 Å². The summed E-state index contributed by atoms with van der Waals surface area (Å²) in [6.45, 7) is 7.01. The van der Waals surface area contributed by atoms with Gasteiger partial charge in [-0.15, -0.1) is 0 Å². The first-order valence-corrected chi connectivity index (χ1v) is 5.81. The van der Waals surface area contributed by atoms with Crippen molar-refractivity contribution < 1.29 is 14.6 Å². The summed E-state index contributed by atoms with van der Waals surface area (Å²) in [6.07, 6.45) is 2.34. The lowest BCUT2D eigenvalue weighted by Crippen LogP contribution is -2.33. The number of ether oxygens (including phenoxy) is 2. The van der Waals surface area contributed by atoms with Crippen LogP contribution in [0.4, 0.5) is 0 Å². The highest BCUT2D eigenvalue weighted by Gasteiger charge is 2.31. The molecular formula is C12H24O3. The number of aliphatic hydroxyl groups excluding tert-OH is 1. The van der Waals surface area contributed by atoms with E-state index in [4.69, 9.17) is 9.47 Å². The van der Waals surface area contributed by atoms with Gasteiger partial charge in [0.15, 0.2) is 0 Å². The van der Waals surface area contributed by atoms with Crippen molar-refractivity contribution in [1.82, 2.24) is 0 Å². The number of hydrogen-bond donors (Lipinski definition) is 1. The zero-order chi connectivity index (χ0) is 11.5. The molecule has 1 fully saturated rings. The number of hydrogen-bond acceptors (Lipinski definition) is 3. The average molecular weight is 216 g/mol. The van der Waals surface area contributed by atoms with Crippen LogP contribution in [-0.2, 0) is 9.47 Å². The second-order valence-corrected chi connectivity index (χ2v) is 5.17. The molecular weight excluding hydrogens is 192 g/mol. The third-order valence-electron chi connectivity index (χ3n) is 3.42. The largest absolute Gasteiger partial charge is 0.390 e. The lowest BCUT2D eigenvalue weighted by atomic mass is 9.93. The normalized spacial score (nSPS) is 29.4. The summed E-state index contributed by atoms with van der Waals surface area (Å²) in [5.41, 5.74) is -0.150. The van der Waals surface area contributed by atoms with Crippen LogP contribution in [0.2, 0.25) is 0 Å². The van der Waals surface area contributed by atoms with Crippen molar-refractivity contribution in [3.8, 4) is 0 Å². The third kappa shape index (κ3) is 3.74. The van der Waals surface area contributed by atoms with Crippen LogP contribution >= 0.6 is 0 Å². The Labute approximate surface area is 92.8 Å². The third-order valence-corrected chi connectivity index (χ3v) is 3.42. The molecule has 1 aliphatic rings. The Morgan fingerprint density at radius 3 is 2.67 bits per heavy atom. The number of aliphatic hydroxyl groups is 1. The molecule has 0 aromatic carbocycles. The molecule has 3 unspecified atom stereocenters. The monoisotopic (exact) mass is 216 g/mol. The van der Waals surface area contributed by atoms with Crippen molar-refractivity contribution in [2.45, 2.75) is 57.8 Å². The molecule has 1 aliphatic heterocycles. The maximum atomic E-state index is 10.00. The molecule has 0 aromatic rings. The fraction of sp³-hybridized carbons (Fsp3) is 1.00. The summed E-state index contributed by atoms with van der Waals surface area (Å²) in [7, 11) is 1.71. The molecule has 0 bridgehead atoms. The fourth-order valence-corrected chi connectivity index (χ4v) is 1.97. The van der Waals surface area contributed by atoms with Gasteiger partial charge in [-0.3, -0.25) is 0 Å². The molecule has 1 rings (SSSR count). The minimum Gasteiger partial charge on any atom is -0.390 e. The molecule has 3 heteroatoms. The van der Waals surface area contributed by atoms with Gasteiger partial charge < -0.3 is 14.6 Å². The molecule has 0 aliphatic carbocycles. The van der Waals surface area contributed by atoms with Crippen LogP contribution in [0.25, 0.3) is 0 Å². The van der Waals surface area contributed by atoms with Gasteiger partial charge in [0.2, 0.25) is 0 Å². The molecule has 3 atom stereocenters.